The molecule has 100 valence electrons. The first-order valence-corrected chi connectivity index (χ1v) is 6.92. The summed E-state index contributed by atoms with van der Waals surface area (Å²) in [7, 11) is 0. The van der Waals surface area contributed by atoms with Crippen molar-refractivity contribution in [3.63, 3.8) is 0 Å². The summed E-state index contributed by atoms with van der Waals surface area (Å²) in [6.07, 6.45) is 0. The molecule has 0 aromatic heterocycles. The Kier molecular flexibility index (Phi) is 4.39. The van der Waals surface area contributed by atoms with Crippen molar-refractivity contribution in [2.45, 2.75) is 40.3 Å². The van der Waals surface area contributed by atoms with Crippen LogP contribution in [-0.2, 0) is 6.54 Å². The van der Waals surface area contributed by atoms with Crippen molar-refractivity contribution in [2.24, 2.45) is 0 Å². The van der Waals surface area contributed by atoms with Gasteiger partial charge in [-0.3, -0.25) is 0 Å². The molecule has 0 aliphatic carbocycles. The average Bonchev–Trinajstić information content (AvgIpc) is 2.40. The van der Waals surface area contributed by atoms with Crippen LogP contribution >= 0.6 is 0 Å². The van der Waals surface area contributed by atoms with Gasteiger partial charge in [0.2, 0.25) is 0 Å². The Morgan fingerprint density at radius 1 is 0.895 bits per heavy atom. The van der Waals surface area contributed by atoms with Crippen molar-refractivity contribution < 1.29 is 0 Å². The highest BCUT2D eigenvalue weighted by atomic mass is 14.9. The highest BCUT2D eigenvalue weighted by Gasteiger charge is 2.04. The predicted octanol–water partition coefficient (Wildman–Crippen LogP) is 4.46. The molecule has 0 heterocycles. The average molecular weight is 253 g/mol. The summed E-state index contributed by atoms with van der Waals surface area (Å²) in [6, 6.07) is 15.8. The van der Waals surface area contributed by atoms with E-state index in [1.807, 2.05) is 0 Å². The quantitative estimate of drug-likeness (QED) is 0.848. The van der Waals surface area contributed by atoms with Gasteiger partial charge in [0.05, 0.1) is 0 Å². The van der Waals surface area contributed by atoms with Gasteiger partial charge in [-0.1, -0.05) is 48.0 Å². The molecule has 0 amide bonds. The second kappa shape index (κ2) is 6.03. The van der Waals surface area contributed by atoms with Gasteiger partial charge in [-0.15, -0.1) is 0 Å². The fourth-order valence-electron chi connectivity index (χ4n) is 2.16. The molecule has 0 aliphatic heterocycles. The zero-order valence-electron chi connectivity index (χ0n) is 12.3. The zero-order valence-corrected chi connectivity index (χ0v) is 12.3. The molecule has 0 aliphatic rings. The summed E-state index contributed by atoms with van der Waals surface area (Å²) in [4.78, 5) is 0. The highest BCUT2D eigenvalue weighted by Crippen LogP contribution is 2.15. The maximum atomic E-state index is 3.58. The van der Waals surface area contributed by atoms with E-state index in [9.17, 15) is 0 Å². The van der Waals surface area contributed by atoms with Crippen LogP contribution in [0.15, 0.2) is 42.5 Å². The summed E-state index contributed by atoms with van der Waals surface area (Å²) in [5.41, 5.74) is 6.72. The van der Waals surface area contributed by atoms with E-state index in [2.05, 4.69) is 75.5 Å². The van der Waals surface area contributed by atoms with Gasteiger partial charge >= 0.3 is 0 Å². The van der Waals surface area contributed by atoms with E-state index in [4.69, 9.17) is 0 Å². The summed E-state index contributed by atoms with van der Waals surface area (Å²) in [5, 5.41) is 3.58. The van der Waals surface area contributed by atoms with Gasteiger partial charge in [0, 0.05) is 12.6 Å². The molecule has 1 N–H and O–H groups in total. The molecule has 2 aromatic carbocycles. The highest BCUT2D eigenvalue weighted by molar-refractivity contribution is 5.30. The van der Waals surface area contributed by atoms with Gasteiger partial charge in [-0.25, -0.2) is 0 Å². The Balaban J connectivity index is 1.98. The van der Waals surface area contributed by atoms with E-state index >= 15 is 0 Å². The first-order chi connectivity index (χ1) is 9.06. The van der Waals surface area contributed by atoms with Crippen LogP contribution in [0.5, 0.6) is 0 Å². The van der Waals surface area contributed by atoms with Crippen molar-refractivity contribution in [1.82, 2.24) is 5.32 Å². The Morgan fingerprint density at radius 3 is 2.21 bits per heavy atom. The van der Waals surface area contributed by atoms with Crippen LogP contribution in [0.1, 0.15) is 40.8 Å². The largest absolute Gasteiger partial charge is 0.306 e. The lowest BCUT2D eigenvalue weighted by atomic mass is 10.0. The van der Waals surface area contributed by atoms with Gasteiger partial charge in [0.1, 0.15) is 0 Å². The van der Waals surface area contributed by atoms with Crippen LogP contribution in [0.25, 0.3) is 0 Å². The Morgan fingerprint density at radius 2 is 1.58 bits per heavy atom. The number of rotatable bonds is 4. The Labute approximate surface area is 116 Å². The molecular formula is C18H23N. The molecule has 0 fully saturated rings. The lowest BCUT2D eigenvalue weighted by Gasteiger charge is -2.15. The van der Waals surface area contributed by atoms with E-state index in [-0.39, 0.29) is 0 Å². The van der Waals surface area contributed by atoms with Crippen molar-refractivity contribution in [2.75, 3.05) is 0 Å². The van der Waals surface area contributed by atoms with Crippen molar-refractivity contribution >= 4 is 0 Å². The monoisotopic (exact) mass is 253 g/mol. The molecule has 0 radical (unpaired) electrons. The van der Waals surface area contributed by atoms with E-state index in [0.717, 1.165) is 6.54 Å². The van der Waals surface area contributed by atoms with Crippen LogP contribution in [0.2, 0.25) is 0 Å². The molecule has 1 heteroatoms. The van der Waals surface area contributed by atoms with Crippen LogP contribution in [0.4, 0.5) is 0 Å². The minimum absolute atomic E-state index is 0.377. The van der Waals surface area contributed by atoms with E-state index in [1.165, 1.54) is 27.8 Å². The molecule has 0 saturated heterocycles. The minimum Gasteiger partial charge on any atom is -0.306 e. The van der Waals surface area contributed by atoms with Crippen LogP contribution in [0.3, 0.4) is 0 Å². The third kappa shape index (κ3) is 3.68. The van der Waals surface area contributed by atoms with Gasteiger partial charge in [-0.2, -0.15) is 0 Å². The van der Waals surface area contributed by atoms with E-state index < -0.39 is 0 Å². The fraction of sp³-hybridized carbons (Fsp3) is 0.333. The molecule has 1 atom stereocenters. The molecule has 0 spiro atoms. The second-order valence-electron chi connectivity index (χ2n) is 5.43. The minimum atomic E-state index is 0.377. The fourth-order valence-corrected chi connectivity index (χ4v) is 2.16. The molecule has 0 saturated carbocycles. The maximum Gasteiger partial charge on any atom is 0.0294 e. The van der Waals surface area contributed by atoms with Gasteiger partial charge < -0.3 is 5.32 Å². The van der Waals surface area contributed by atoms with Crippen LogP contribution < -0.4 is 5.32 Å². The number of nitrogens with one attached hydrogen (secondary N) is 1. The standard InChI is InChI=1S/C18H23N/c1-13-5-9-18(10-6-13)16(4)19-12-17-8-7-14(2)15(3)11-17/h5-11,16,19H,12H2,1-4H3. The topological polar surface area (TPSA) is 12.0 Å². The molecule has 0 bridgehead atoms. The number of benzene rings is 2. The van der Waals surface area contributed by atoms with Crippen LogP contribution in [-0.4, -0.2) is 0 Å². The summed E-state index contributed by atoms with van der Waals surface area (Å²) >= 11 is 0. The summed E-state index contributed by atoms with van der Waals surface area (Å²) in [6.45, 7) is 9.57. The Bertz CT molecular complexity index is 540. The summed E-state index contributed by atoms with van der Waals surface area (Å²) < 4.78 is 0. The van der Waals surface area contributed by atoms with Crippen LogP contribution in [0, 0.1) is 20.8 Å². The lowest BCUT2D eigenvalue weighted by Crippen LogP contribution is -2.18. The van der Waals surface area contributed by atoms with Crippen molar-refractivity contribution in [1.29, 1.82) is 0 Å². The predicted molar refractivity (Wildman–Crippen MR) is 82.3 cm³/mol. The Hall–Kier alpha value is -1.60. The van der Waals surface area contributed by atoms with Gasteiger partial charge in [-0.05, 0) is 49.9 Å². The zero-order chi connectivity index (χ0) is 13.8. The van der Waals surface area contributed by atoms with Crippen molar-refractivity contribution in [3.8, 4) is 0 Å². The first-order valence-electron chi connectivity index (χ1n) is 6.92. The first kappa shape index (κ1) is 13.8. The smallest absolute Gasteiger partial charge is 0.0294 e. The third-order valence-corrected chi connectivity index (χ3v) is 3.76. The number of aryl methyl sites for hydroxylation is 3. The molecule has 2 rings (SSSR count). The molecule has 2 aromatic rings. The van der Waals surface area contributed by atoms with Gasteiger partial charge in [0.25, 0.3) is 0 Å². The molecular weight excluding hydrogens is 230 g/mol. The second-order valence-corrected chi connectivity index (χ2v) is 5.43. The molecule has 19 heavy (non-hydrogen) atoms. The number of hydrogen-bond acceptors (Lipinski definition) is 1. The summed E-state index contributed by atoms with van der Waals surface area (Å²) in [5.74, 6) is 0. The van der Waals surface area contributed by atoms with Gasteiger partial charge in [0.15, 0.2) is 0 Å². The third-order valence-electron chi connectivity index (χ3n) is 3.76. The normalized spacial score (nSPS) is 12.4. The van der Waals surface area contributed by atoms with E-state index in [1.54, 1.807) is 0 Å². The number of hydrogen-bond donors (Lipinski definition) is 1. The maximum absolute atomic E-state index is 3.58. The molecule has 1 unspecified atom stereocenters. The lowest BCUT2D eigenvalue weighted by molar-refractivity contribution is 0.574. The SMILES string of the molecule is Cc1ccc(C(C)NCc2ccc(C)c(C)c2)cc1. The van der Waals surface area contributed by atoms with Crippen molar-refractivity contribution in [3.05, 3.63) is 70.3 Å². The molecule has 1 nitrogen and oxygen atoms in total. The van der Waals surface area contributed by atoms with E-state index in [0.29, 0.717) is 6.04 Å².